The standard InChI is InChI=1S/C24H25NO3S/c1-16(26-3)15-19-9-10-22(20-12-14-29-23(19)20)27-13-11-21-17(2)28-24(25-21)18-7-5-4-6-8-18/h4-10,12,14,16H,11,13,15H2,1-3H3. The summed E-state index contributed by atoms with van der Waals surface area (Å²) in [7, 11) is 1.75. The molecule has 5 heteroatoms. The molecule has 0 radical (unpaired) electrons. The zero-order chi connectivity index (χ0) is 20.2. The summed E-state index contributed by atoms with van der Waals surface area (Å²) in [4.78, 5) is 4.66. The Balaban J connectivity index is 1.45. The lowest BCUT2D eigenvalue weighted by Crippen LogP contribution is -2.08. The van der Waals surface area contributed by atoms with Crippen molar-refractivity contribution in [2.75, 3.05) is 13.7 Å². The summed E-state index contributed by atoms with van der Waals surface area (Å²) >= 11 is 1.75. The first-order chi connectivity index (χ1) is 14.2. The molecule has 0 fully saturated rings. The van der Waals surface area contributed by atoms with E-state index in [0.717, 1.165) is 34.6 Å². The minimum Gasteiger partial charge on any atom is -0.493 e. The Morgan fingerprint density at radius 3 is 2.72 bits per heavy atom. The molecule has 0 saturated heterocycles. The zero-order valence-corrected chi connectivity index (χ0v) is 17.8. The van der Waals surface area contributed by atoms with Gasteiger partial charge in [0.15, 0.2) is 0 Å². The van der Waals surface area contributed by atoms with Crippen molar-refractivity contribution in [2.24, 2.45) is 0 Å². The molecule has 1 atom stereocenters. The van der Waals surface area contributed by atoms with Gasteiger partial charge in [0.2, 0.25) is 5.89 Å². The molecule has 4 nitrogen and oxygen atoms in total. The molecule has 0 aliphatic rings. The smallest absolute Gasteiger partial charge is 0.226 e. The summed E-state index contributed by atoms with van der Waals surface area (Å²) < 4.78 is 18.7. The van der Waals surface area contributed by atoms with Gasteiger partial charge in [-0.2, -0.15) is 0 Å². The van der Waals surface area contributed by atoms with Crippen molar-refractivity contribution in [2.45, 2.75) is 32.8 Å². The number of ether oxygens (including phenoxy) is 2. The highest BCUT2D eigenvalue weighted by atomic mass is 32.1. The van der Waals surface area contributed by atoms with E-state index in [1.54, 1.807) is 18.4 Å². The van der Waals surface area contributed by atoms with Crippen LogP contribution in [0.15, 0.2) is 58.3 Å². The molecule has 150 valence electrons. The highest BCUT2D eigenvalue weighted by molar-refractivity contribution is 7.17. The van der Waals surface area contributed by atoms with Crippen molar-refractivity contribution in [3.8, 4) is 17.2 Å². The Labute approximate surface area is 175 Å². The van der Waals surface area contributed by atoms with E-state index >= 15 is 0 Å². The first-order valence-corrected chi connectivity index (χ1v) is 10.7. The number of aromatic nitrogens is 1. The molecule has 0 spiro atoms. The summed E-state index contributed by atoms with van der Waals surface area (Å²) in [6.07, 6.45) is 1.80. The van der Waals surface area contributed by atoms with Gasteiger partial charge < -0.3 is 13.9 Å². The number of oxazole rings is 1. The van der Waals surface area contributed by atoms with Gasteiger partial charge in [0.25, 0.3) is 0 Å². The summed E-state index contributed by atoms with van der Waals surface area (Å²) in [6.45, 7) is 4.60. The summed E-state index contributed by atoms with van der Waals surface area (Å²) in [5, 5.41) is 3.28. The van der Waals surface area contributed by atoms with Crippen molar-refractivity contribution in [1.29, 1.82) is 0 Å². The van der Waals surface area contributed by atoms with Crippen LogP contribution in [0.4, 0.5) is 0 Å². The van der Waals surface area contributed by atoms with E-state index in [1.807, 2.05) is 37.3 Å². The largest absolute Gasteiger partial charge is 0.493 e. The summed E-state index contributed by atoms with van der Waals surface area (Å²) in [5.74, 6) is 2.42. The van der Waals surface area contributed by atoms with E-state index in [0.29, 0.717) is 18.9 Å². The fourth-order valence-electron chi connectivity index (χ4n) is 3.40. The molecule has 2 aromatic carbocycles. The Hall–Kier alpha value is -2.63. The lowest BCUT2D eigenvalue weighted by atomic mass is 10.1. The van der Waals surface area contributed by atoms with Crippen molar-refractivity contribution < 1.29 is 13.9 Å². The van der Waals surface area contributed by atoms with Crippen LogP contribution >= 0.6 is 11.3 Å². The van der Waals surface area contributed by atoms with Crippen LogP contribution in [0.5, 0.6) is 5.75 Å². The zero-order valence-electron chi connectivity index (χ0n) is 17.0. The lowest BCUT2D eigenvalue weighted by molar-refractivity contribution is 0.119. The van der Waals surface area contributed by atoms with Crippen molar-refractivity contribution >= 4 is 21.4 Å². The molecule has 0 bridgehead atoms. The molecule has 1 unspecified atom stereocenters. The first kappa shape index (κ1) is 19.7. The fraction of sp³-hybridized carbons (Fsp3) is 0.292. The molecular formula is C24H25NO3S. The van der Waals surface area contributed by atoms with Crippen molar-refractivity contribution in [3.05, 3.63) is 70.9 Å². The summed E-state index contributed by atoms with van der Waals surface area (Å²) in [5.41, 5.74) is 3.23. The number of hydrogen-bond acceptors (Lipinski definition) is 5. The molecule has 2 heterocycles. The normalized spacial score (nSPS) is 12.4. The van der Waals surface area contributed by atoms with E-state index in [1.165, 1.54) is 10.3 Å². The van der Waals surface area contributed by atoms with Crippen molar-refractivity contribution in [3.63, 3.8) is 0 Å². The number of rotatable bonds is 8. The Morgan fingerprint density at radius 1 is 1.10 bits per heavy atom. The number of fused-ring (bicyclic) bond motifs is 1. The number of nitrogens with zero attached hydrogens (tertiary/aromatic N) is 1. The average Bonchev–Trinajstić information content (AvgIpc) is 3.38. The van der Waals surface area contributed by atoms with Gasteiger partial charge in [0.05, 0.1) is 18.4 Å². The predicted octanol–water partition coefficient (Wildman–Crippen LogP) is 6.06. The van der Waals surface area contributed by atoms with Crippen molar-refractivity contribution in [1.82, 2.24) is 4.98 Å². The first-order valence-electron chi connectivity index (χ1n) is 9.82. The second kappa shape index (κ2) is 8.80. The molecule has 0 N–H and O–H groups in total. The van der Waals surface area contributed by atoms with Crippen LogP contribution in [-0.2, 0) is 17.6 Å². The van der Waals surface area contributed by atoms with Gasteiger partial charge in [-0.15, -0.1) is 11.3 Å². The van der Waals surface area contributed by atoms with Gasteiger partial charge >= 0.3 is 0 Å². The Kier molecular flexibility index (Phi) is 5.97. The summed E-state index contributed by atoms with van der Waals surface area (Å²) in [6, 6.07) is 16.3. The number of aryl methyl sites for hydroxylation is 1. The average molecular weight is 408 g/mol. The molecule has 0 saturated carbocycles. The molecule has 4 aromatic rings. The molecule has 0 aliphatic carbocycles. The van der Waals surface area contributed by atoms with Gasteiger partial charge in [0.1, 0.15) is 11.5 Å². The van der Waals surface area contributed by atoms with Crippen LogP contribution in [0, 0.1) is 6.92 Å². The molecule has 0 aliphatic heterocycles. The molecular weight excluding hydrogens is 382 g/mol. The Morgan fingerprint density at radius 2 is 1.93 bits per heavy atom. The predicted molar refractivity (Wildman–Crippen MR) is 118 cm³/mol. The van der Waals surface area contributed by atoms with Gasteiger partial charge in [-0.05, 0) is 55.5 Å². The van der Waals surface area contributed by atoms with Gasteiger partial charge in [-0.1, -0.05) is 24.3 Å². The number of benzene rings is 2. The fourth-order valence-corrected chi connectivity index (χ4v) is 4.33. The van der Waals surface area contributed by atoms with Crippen LogP contribution in [0.1, 0.15) is 23.9 Å². The maximum Gasteiger partial charge on any atom is 0.226 e. The van der Waals surface area contributed by atoms with Crippen LogP contribution in [0.25, 0.3) is 21.5 Å². The third-order valence-electron chi connectivity index (χ3n) is 5.08. The SMILES string of the molecule is COC(C)Cc1ccc(OCCc2nc(-c3ccccc3)oc2C)c2ccsc12. The maximum atomic E-state index is 6.13. The second-order valence-corrected chi connectivity index (χ2v) is 8.04. The van der Waals surface area contributed by atoms with E-state index in [-0.39, 0.29) is 6.10 Å². The highest BCUT2D eigenvalue weighted by Gasteiger charge is 2.13. The van der Waals surface area contributed by atoms with E-state index in [2.05, 4.69) is 35.5 Å². The molecule has 0 amide bonds. The lowest BCUT2D eigenvalue weighted by Gasteiger charge is -2.12. The monoisotopic (exact) mass is 407 g/mol. The maximum absolute atomic E-state index is 6.13. The van der Waals surface area contributed by atoms with E-state index in [4.69, 9.17) is 13.9 Å². The topological polar surface area (TPSA) is 44.5 Å². The van der Waals surface area contributed by atoms with E-state index in [9.17, 15) is 0 Å². The third kappa shape index (κ3) is 4.36. The number of thiophene rings is 1. The number of hydrogen-bond donors (Lipinski definition) is 0. The molecule has 2 aromatic heterocycles. The quantitative estimate of drug-likeness (QED) is 0.356. The molecule has 4 rings (SSSR count). The van der Waals surface area contributed by atoms with Crippen LogP contribution in [0.3, 0.4) is 0 Å². The minimum atomic E-state index is 0.195. The second-order valence-electron chi connectivity index (χ2n) is 7.12. The van der Waals surface area contributed by atoms with E-state index < -0.39 is 0 Å². The molecule has 29 heavy (non-hydrogen) atoms. The van der Waals surface area contributed by atoms with Gasteiger partial charge in [0, 0.05) is 29.2 Å². The van der Waals surface area contributed by atoms with Gasteiger partial charge in [-0.25, -0.2) is 4.98 Å². The third-order valence-corrected chi connectivity index (χ3v) is 6.07. The van der Waals surface area contributed by atoms with Gasteiger partial charge in [-0.3, -0.25) is 0 Å². The minimum absolute atomic E-state index is 0.195. The van der Waals surface area contributed by atoms with Crippen LogP contribution in [0.2, 0.25) is 0 Å². The van der Waals surface area contributed by atoms with Crippen LogP contribution < -0.4 is 4.74 Å². The highest BCUT2D eigenvalue weighted by Crippen LogP contribution is 2.34. The van der Waals surface area contributed by atoms with Crippen LogP contribution in [-0.4, -0.2) is 24.8 Å². The number of methoxy groups -OCH3 is 1. The Bertz CT molecular complexity index is 1080.